The van der Waals surface area contributed by atoms with Crippen molar-refractivity contribution in [2.45, 2.75) is 55.8 Å². The lowest BCUT2D eigenvalue weighted by molar-refractivity contribution is -0.119. The largest absolute Gasteiger partial charge is 0.381 e. The number of hydrogen-bond acceptors (Lipinski definition) is 7. The lowest BCUT2D eigenvalue weighted by atomic mass is 10.0. The van der Waals surface area contributed by atoms with Gasteiger partial charge in [0, 0.05) is 32.0 Å². The molecule has 0 aliphatic carbocycles. The van der Waals surface area contributed by atoms with Crippen molar-refractivity contribution in [2.75, 3.05) is 35.4 Å². The zero-order valence-corrected chi connectivity index (χ0v) is 19.7. The molecular weight excluding hydrogens is 428 g/mol. The molecule has 1 fully saturated rings. The summed E-state index contributed by atoms with van der Waals surface area (Å²) in [7, 11) is -1.60. The van der Waals surface area contributed by atoms with Gasteiger partial charge in [0.25, 0.3) is 0 Å². The molecule has 3 heterocycles. The van der Waals surface area contributed by atoms with Crippen LogP contribution >= 0.6 is 0 Å². The first-order valence-corrected chi connectivity index (χ1v) is 12.5. The summed E-state index contributed by atoms with van der Waals surface area (Å²) in [5.41, 5.74) is 1.41. The fourth-order valence-corrected chi connectivity index (χ4v) is 5.39. The van der Waals surface area contributed by atoms with Gasteiger partial charge in [0.15, 0.2) is 15.7 Å². The molecule has 0 spiro atoms. The second-order valence-electron chi connectivity index (χ2n) is 8.61. The minimum absolute atomic E-state index is 0.0399. The van der Waals surface area contributed by atoms with Crippen molar-refractivity contribution in [2.24, 2.45) is 0 Å². The number of anilines is 4. The molecule has 2 aromatic rings. The summed E-state index contributed by atoms with van der Waals surface area (Å²) in [6.45, 7) is 6.60. The van der Waals surface area contributed by atoms with E-state index in [0.717, 1.165) is 24.3 Å². The number of nitrogens with zero attached hydrogens (tertiary/aromatic N) is 3. The Morgan fingerprint density at radius 1 is 1.16 bits per heavy atom. The van der Waals surface area contributed by atoms with Crippen molar-refractivity contribution in [3.63, 3.8) is 0 Å². The molecular formula is C23H30N4O4S. The number of sulfone groups is 1. The number of pyridine rings is 1. The van der Waals surface area contributed by atoms with Crippen LogP contribution in [0.4, 0.5) is 23.0 Å². The Kier molecular flexibility index (Phi) is 6.13. The van der Waals surface area contributed by atoms with Crippen LogP contribution in [0, 0.1) is 0 Å². The Morgan fingerprint density at radius 3 is 2.56 bits per heavy atom. The predicted molar refractivity (Wildman–Crippen MR) is 125 cm³/mol. The number of benzene rings is 1. The summed E-state index contributed by atoms with van der Waals surface area (Å²) in [5.74, 6) is 1.38. The van der Waals surface area contributed by atoms with Crippen molar-refractivity contribution < 1.29 is 17.9 Å². The summed E-state index contributed by atoms with van der Waals surface area (Å²) in [6, 6.07) is 10.3. The van der Waals surface area contributed by atoms with E-state index in [2.05, 4.69) is 10.2 Å². The van der Waals surface area contributed by atoms with Gasteiger partial charge in [-0.15, -0.1) is 0 Å². The third-order valence-electron chi connectivity index (χ3n) is 6.21. The van der Waals surface area contributed by atoms with Gasteiger partial charge in [0.05, 0.1) is 15.8 Å². The van der Waals surface area contributed by atoms with Gasteiger partial charge in [-0.3, -0.25) is 4.79 Å². The van der Waals surface area contributed by atoms with E-state index in [1.165, 1.54) is 0 Å². The van der Waals surface area contributed by atoms with Gasteiger partial charge in [-0.25, -0.2) is 13.4 Å². The minimum atomic E-state index is -3.37. The smallest absolute Gasteiger partial charge is 0.249 e. The SMILES string of the molecule is CC(C)S(=O)(=O)c1cccc(Nc2ccc3c(n2)N(C2CCOCC2)[C@H](C)C(=O)N3C)c1. The third kappa shape index (κ3) is 4.06. The molecule has 0 unspecified atom stereocenters. The number of fused-ring (bicyclic) bond motifs is 1. The second-order valence-corrected chi connectivity index (χ2v) is 11.1. The van der Waals surface area contributed by atoms with Crippen LogP contribution in [-0.2, 0) is 19.4 Å². The van der Waals surface area contributed by atoms with Crippen molar-refractivity contribution in [3.05, 3.63) is 36.4 Å². The first-order chi connectivity index (χ1) is 15.2. The highest BCUT2D eigenvalue weighted by atomic mass is 32.2. The molecule has 1 aromatic carbocycles. The molecule has 4 rings (SSSR count). The van der Waals surface area contributed by atoms with E-state index in [1.807, 2.05) is 25.1 Å². The van der Waals surface area contributed by atoms with Crippen LogP contribution in [0.2, 0.25) is 0 Å². The maximum absolute atomic E-state index is 12.9. The van der Waals surface area contributed by atoms with Crippen molar-refractivity contribution >= 4 is 38.8 Å². The average Bonchev–Trinajstić information content (AvgIpc) is 2.78. The highest BCUT2D eigenvalue weighted by Gasteiger charge is 2.39. The monoisotopic (exact) mass is 458 g/mol. The molecule has 1 saturated heterocycles. The number of carbonyl (C=O) groups excluding carboxylic acids is 1. The van der Waals surface area contributed by atoms with E-state index in [9.17, 15) is 13.2 Å². The molecule has 8 nitrogen and oxygen atoms in total. The zero-order valence-electron chi connectivity index (χ0n) is 18.9. The van der Waals surface area contributed by atoms with Gasteiger partial charge in [-0.2, -0.15) is 0 Å². The van der Waals surface area contributed by atoms with E-state index in [-0.39, 0.29) is 22.9 Å². The molecule has 1 atom stereocenters. The molecule has 2 aliphatic heterocycles. The van der Waals surface area contributed by atoms with Crippen LogP contribution in [0.15, 0.2) is 41.3 Å². The molecule has 2 aliphatic rings. The van der Waals surface area contributed by atoms with Gasteiger partial charge in [0.1, 0.15) is 11.9 Å². The van der Waals surface area contributed by atoms with E-state index < -0.39 is 15.1 Å². The lowest BCUT2D eigenvalue weighted by Crippen LogP contribution is -2.56. The van der Waals surface area contributed by atoms with Crippen molar-refractivity contribution in [1.29, 1.82) is 0 Å². The van der Waals surface area contributed by atoms with Gasteiger partial charge in [-0.05, 0) is 63.9 Å². The predicted octanol–water partition coefficient (Wildman–Crippen LogP) is 3.36. The number of ether oxygens (including phenoxy) is 1. The number of hydrogen-bond donors (Lipinski definition) is 1. The third-order valence-corrected chi connectivity index (χ3v) is 8.36. The normalized spacial score (nSPS) is 19.9. The molecule has 0 bridgehead atoms. The zero-order chi connectivity index (χ0) is 23.0. The molecule has 0 saturated carbocycles. The molecule has 1 N–H and O–H groups in total. The van der Waals surface area contributed by atoms with Crippen LogP contribution in [0.5, 0.6) is 0 Å². The highest BCUT2D eigenvalue weighted by Crippen LogP contribution is 2.38. The number of amides is 1. The highest BCUT2D eigenvalue weighted by molar-refractivity contribution is 7.92. The number of likely N-dealkylation sites (N-methyl/N-ethyl adjacent to an activating group) is 1. The summed E-state index contributed by atoms with van der Waals surface area (Å²) in [5, 5.41) is 2.74. The molecule has 1 amide bonds. The van der Waals surface area contributed by atoms with Crippen LogP contribution in [0.1, 0.15) is 33.6 Å². The first-order valence-electron chi connectivity index (χ1n) is 11.0. The van der Waals surface area contributed by atoms with Crippen LogP contribution in [-0.4, -0.2) is 56.9 Å². The fourth-order valence-electron chi connectivity index (χ4n) is 4.29. The van der Waals surface area contributed by atoms with Crippen molar-refractivity contribution in [3.8, 4) is 0 Å². The number of rotatable bonds is 5. The van der Waals surface area contributed by atoms with Crippen LogP contribution in [0.25, 0.3) is 0 Å². The van der Waals surface area contributed by atoms with E-state index in [1.54, 1.807) is 44.0 Å². The van der Waals surface area contributed by atoms with Gasteiger partial charge >= 0.3 is 0 Å². The summed E-state index contributed by atoms with van der Waals surface area (Å²) in [4.78, 5) is 21.8. The van der Waals surface area contributed by atoms with Crippen LogP contribution in [0.3, 0.4) is 0 Å². The van der Waals surface area contributed by atoms with Gasteiger partial charge < -0.3 is 19.9 Å². The topological polar surface area (TPSA) is 91.8 Å². The maximum Gasteiger partial charge on any atom is 0.249 e. The van der Waals surface area contributed by atoms with Gasteiger partial charge in [0.2, 0.25) is 5.91 Å². The molecule has 1 aromatic heterocycles. The Hall–Kier alpha value is -2.65. The van der Waals surface area contributed by atoms with Crippen LogP contribution < -0.4 is 15.1 Å². The number of aromatic nitrogens is 1. The molecule has 172 valence electrons. The maximum atomic E-state index is 12.9. The number of nitrogens with one attached hydrogen (secondary N) is 1. The fraction of sp³-hybridized carbons (Fsp3) is 0.478. The Bertz CT molecular complexity index is 1110. The quantitative estimate of drug-likeness (QED) is 0.734. The molecule has 9 heteroatoms. The Morgan fingerprint density at radius 2 is 1.88 bits per heavy atom. The molecule has 32 heavy (non-hydrogen) atoms. The Labute approximate surface area is 189 Å². The van der Waals surface area contributed by atoms with E-state index >= 15 is 0 Å². The minimum Gasteiger partial charge on any atom is -0.381 e. The standard InChI is InChI=1S/C23H30N4O4S/c1-15(2)32(29,30)19-7-5-6-17(14-19)24-21-9-8-20-22(25-21)27(16(3)23(28)26(20)4)18-10-12-31-13-11-18/h5-9,14-16,18H,10-13H2,1-4H3,(H,24,25)/t16-/m1/s1. The molecule has 0 radical (unpaired) electrons. The average molecular weight is 459 g/mol. The van der Waals surface area contributed by atoms with Crippen molar-refractivity contribution in [1.82, 2.24) is 4.98 Å². The first kappa shape index (κ1) is 22.5. The summed E-state index contributed by atoms with van der Waals surface area (Å²) < 4.78 is 30.6. The number of carbonyl (C=O) groups is 1. The van der Waals surface area contributed by atoms with E-state index in [0.29, 0.717) is 24.7 Å². The summed E-state index contributed by atoms with van der Waals surface area (Å²) in [6.07, 6.45) is 1.68. The second kappa shape index (κ2) is 8.71. The Balaban J connectivity index is 1.69. The lowest BCUT2D eigenvalue weighted by Gasteiger charge is -2.44. The van der Waals surface area contributed by atoms with Gasteiger partial charge in [-0.1, -0.05) is 6.07 Å². The van der Waals surface area contributed by atoms with E-state index in [4.69, 9.17) is 9.72 Å². The summed E-state index contributed by atoms with van der Waals surface area (Å²) >= 11 is 0.